The van der Waals surface area contributed by atoms with Crippen LogP contribution in [0.1, 0.15) is 22.8 Å². The molecule has 0 aliphatic rings. The molecule has 0 bridgehead atoms. The number of benzene rings is 2. The van der Waals surface area contributed by atoms with Crippen molar-refractivity contribution in [3.63, 3.8) is 0 Å². The Kier molecular flexibility index (Phi) is 7.01. The molecule has 5 nitrogen and oxygen atoms in total. The van der Waals surface area contributed by atoms with Gasteiger partial charge in [0.1, 0.15) is 11.8 Å². The van der Waals surface area contributed by atoms with Crippen molar-refractivity contribution in [3.05, 3.63) is 64.1 Å². The highest BCUT2D eigenvalue weighted by atomic mass is 79.9. The predicted molar refractivity (Wildman–Crippen MR) is 98.7 cm³/mol. The number of methoxy groups -OCH3 is 1. The molecule has 25 heavy (non-hydrogen) atoms. The zero-order chi connectivity index (χ0) is 18.2. The van der Waals surface area contributed by atoms with Gasteiger partial charge < -0.3 is 14.8 Å². The number of halogens is 1. The Morgan fingerprint density at radius 1 is 1.16 bits per heavy atom. The zero-order valence-corrected chi connectivity index (χ0v) is 15.7. The highest BCUT2D eigenvalue weighted by Gasteiger charge is 2.23. The Balaban J connectivity index is 2.13. The molecule has 2 aromatic rings. The van der Waals surface area contributed by atoms with Crippen molar-refractivity contribution in [2.75, 3.05) is 13.7 Å². The van der Waals surface area contributed by atoms with Crippen LogP contribution in [0.25, 0.3) is 0 Å². The van der Waals surface area contributed by atoms with Gasteiger partial charge in [-0.25, -0.2) is 4.79 Å². The van der Waals surface area contributed by atoms with Crippen LogP contribution in [0.4, 0.5) is 0 Å². The molecule has 0 radical (unpaired) electrons. The molecule has 132 valence electrons. The lowest BCUT2D eigenvalue weighted by atomic mass is 10.1. The third-order valence-electron chi connectivity index (χ3n) is 3.57. The van der Waals surface area contributed by atoms with E-state index in [0.29, 0.717) is 28.8 Å². The third kappa shape index (κ3) is 5.32. The number of rotatable bonds is 7. The maximum absolute atomic E-state index is 12.5. The molecule has 2 rings (SSSR count). The van der Waals surface area contributed by atoms with Crippen molar-refractivity contribution in [2.45, 2.75) is 19.4 Å². The van der Waals surface area contributed by atoms with Crippen LogP contribution in [0.2, 0.25) is 0 Å². The highest BCUT2D eigenvalue weighted by molar-refractivity contribution is 9.10. The molecule has 6 heteroatoms. The summed E-state index contributed by atoms with van der Waals surface area (Å²) >= 11 is 3.38. The van der Waals surface area contributed by atoms with E-state index in [1.807, 2.05) is 37.3 Å². The molecule has 0 spiro atoms. The molecular weight excluding hydrogens is 386 g/mol. The maximum Gasteiger partial charge on any atom is 0.328 e. The monoisotopic (exact) mass is 405 g/mol. The lowest BCUT2D eigenvalue weighted by Gasteiger charge is -2.17. The van der Waals surface area contributed by atoms with Crippen molar-refractivity contribution in [3.8, 4) is 5.75 Å². The van der Waals surface area contributed by atoms with Gasteiger partial charge >= 0.3 is 5.97 Å². The predicted octanol–water partition coefficient (Wildman–Crippen LogP) is 3.36. The number of nitrogens with one attached hydrogen (secondary N) is 1. The lowest BCUT2D eigenvalue weighted by molar-refractivity contribution is -0.142. The number of hydrogen-bond donors (Lipinski definition) is 1. The fraction of sp³-hybridized carbons (Fsp3) is 0.263. The number of esters is 1. The minimum absolute atomic E-state index is 0.352. The lowest BCUT2D eigenvalue weighted by Crippen LogP contribution is -2.43. The maximum atomic E-state index is 12.5. The fourth-order valence-electron chi connectivity index (χ4n) is 2.34. The first-order valence-electron chi connectivity index (χ1n) is 7.90. The van der Waals surface area contributed by atoms with Crippen molar-refractivity contribution < 1.29 is 19.1 Å². The molecule has 0 saturated carbocycles. The first kappa shape index (κ1) is 19.0. The summed E-state index contributed by atoms with van der Waals surface area (Å²) in [5.41, 5.74) is 1.36. The quantitative estimate of drug-likeness (QED) is 0.717. The van der Waals surface area contributed by atoms with Crippen LogP contribution >= 0.6 is 15.9 Å². The summed E-state index contributed by atoms with van der Waals surface area (Å²) in [4.78, 5) is 24.5. The van der Waals surface area contributed by atoms with E-state index in [9.17, 15) is 9.59 Å². The molecule has 1 amide bonds. The van der Waals surface area contributed by atoms with Crippen molar-refractivity contribution >= 4 is 27.8 Å². The normalized spacial score (nSPS) is 11.5. The standard InChI is InChI=1S/C19H20BrNO4/c1-3-25-17-10-9-14(12-15(17)20)18(22)21-16(19(23)24-2)11-13-7-5-4-6-8-13/h4-10,12,16H,3,11H2,1-2H3,(H,21,22). The molecule has 0 heterocycles. The van der Waals surface area contributed by atoms with Crippen LogP contribution in [0.15, 0.2) is 53.0 Å². The molecule has 0 aliphatic heterocycles. The van der Waals surface area contributed by atoms with Crippen LogP contribution < -0.4 is 10.1 Å². The second-order valence-corrected chi connectivity index (χ2v) is 6.17. The number of carbonyl (C=O) groups excluding carboxylic acids is 2. The zero-order valence-electron chi connectivity index (χ0n) is 14.1. The van der Waals surface area contributed by atoms with Crippen molar-refractivity contribution in [1.29, 1.82) is 0 Å². The summed E-state index contributed by atoms with van der Waals surface area (Å²) in [6, 6.07) is 13.7. The molecule has 1 N–H and O–H groups in total. The van der Waals surface area contributed by atoms with Gasteiger partial charge in [-0.15, -0.1) is 0 Å². The van der Waals surface area contributed by atoms with Gasteiger partial charge in [-0.05, 0) is 46.6 Å². The summed E-state index contributed by atoms with van der Waals surface area (Å²) in [6.07, 6.45) is 0.359. The second kappa shape index (κ2) is 9.22. The van der Waals surface area contributed by atoms with Gasteiger partial charge in [0.2, 0.25) is 0 Å². The van der Waals surface area contributed by atoms with E-state index < -0.39 is 12.0 Å². The summed E-state index contributed by atoms with van der Waals surface area (Å²) in [5, 5.41) is 2.74. The van der Waals surface area contributed by atoms with Crippen LogP contribution in [0, 0.1) is 0 Å². The Morgan fingerprint density at radius 3 is 2.48 bits per heavy atom. The third-order valence-corrected chi connectivity index (χ3v) is 4.19. The Hall–Kier alpha value is -2.34. The number of hydrogen-bond acceptors (Lipinski definition) is 4. The van der Waals surface area contributed by atoms with E-state index >= 15 is 0 Å². The van der Waals surface area contributed by atoms with Gasteiger partial charge in [0.05, 0.1) is 18.2 Å². The van der Waals surface area contributed by atoms with Crippen LogP contribution in [0.3, 0.4) is 0 Å². The molecule has 0 aliphatic carbocycles. The topological polar surface area (TPSA) is 64.6 Å². The van der Waals surface area contributed by atoms with Gasteiger partial charge in [-0.2, -0.15) is 0 Å². The SMILES string of the molecule is CCOc1ccc(C(=O)NC(Cc2ccccc2)C(=O)OC)cc1Br. The van der Waals surface area contributed by atoms with Crippen LogP contribution in [-0.4, -0.2) is 31.6 Å². The Labute approximate surface area is 155 Å². The molecular formula is C19H20BrNO4. The minimum atomic E-state index is -0.759. The van der Waals surface area contributed by atoms with E-state index in [0.717, 1.165) is 5.56 Å². The van der Waals surface area contributed by atoms with Crippen molar-refractivity contribution in [2.24, 2.45) is 0 Å². The van der Waals surface area contributed by atoms with Crippen molar-refractivity contribution in [1.82, 2.24) is 5.32 Å². The van der Waals surface area contributed by atoms with E-state index in [1.54, 1.807) is 18.2 Å². The molecule has 2 aromatic carbocycles. The summed E-state index contributed by atoms with van der Waals surface area (Å²) < 4.78 is 10.9. The average Bonchev–Trinajstić information content (AvgIpc) is 2.63. The van der Waals surface area contributed by atoms with E-state index in [4.69, 9.17) is 9.47 Å². The fourth-order valence-corrected chi connectivity index (χ4v) is 2.83. The molecule has 0 saturated heterocycles. The second-order valence-electron chi connectivity index (χ2n) is 5.32. The number of carbonyl (C=O) groups is 2. The molecule has 0 fully saturated rings. The van der Waals surface area contributed by atoms with E-state index in [1.165, 1.54) is 7.11 Å². The smallest absolute Gasteiger partial charge is 0.328 e. The van der Waals surface area contributed by atoms with Gasteiger partial charge in [-0.3, -0.25) is 4.79 Å². The number of ether oxygens (including phenoxy) is 2. The highest BCUT2D eigenvalue weighted by Crippen LogP contribution is 2.26. The largest absolute Gasteiger partial charge is 0.493 e. The van der Waals surface area contributed by atoms with E-state index in [-0.39, 0.29) is 5.91 Å². The Bertz CT molecular complexity index is 733. The van der Waals surface area contributed by atoms with Gasteiger partial charge in [0.15, 0.2) is 0 Å². The number of amides is 1. The average molecular weight is 406 g/mol. The van der Waals surface area contributed by atoms with Gasteiger partial charge in [-0.1, -0.05) is 30.3 Å². The molecule has 1 unspecified atom stereocenters. The molecule has 0 aromatic heterocycles. The van der Waals surface area contributed by atoms with E-state index in [2.05, 4.69) is 21.2 Å². The molecule has 1 atom stereocenters. The minimum Gasteiger partial charge on any atom is -0.493 e. The van der Waals surface area contributed by atoms with Crippen LogP contribution in [0.5, 0.6) is 5.75 Å². The first-order valence-corrected chi connectivity index (χ1v) is 8.69. The van der Waals surface area contributed by atoms with Crippen LogP contribution in [-0.2, 0) is 16.0 Å². The summed E-state index contributed by atoms with van der Waals surface area (Å²) in [7, 11) is 1.31. The summed E-state index contributed by atoms with van der Waals surface area (Å²) in [5.74, 6) is -0.176. The van der Waals surface area contributed by atoms with Gasteiger partial charge in [0, 0.05) is 12.0 Å². The Morgan fingerprint density at radius 2 is 1.88 bits per heavy atom. The summed E-state index contributed by atoms with van der Waals surface area (Å²) in [6.45, 7) is 2.42. The van der Waals surface area contributed by atoms with Gasteiger partial charge in [0.25, 0.3) is 5.91 Å². The first-order chi connectivity index (χ1) is 12.0.